The second-order valence-corrected chi connectivity index (χ2v) is 5.56. The Bertz CT molecular complexity index is 211. The summed E-state index contributed by atoms with van der Waals surface area (Å²) < 4.78 is 0. The van der Waals surface area contributed by atoms with Crippen molar-refractivity contribution >= 4 is 17.7 Å². The average Bonchev–Trinajstić information content (AvgIpc) is 2.30. The number of thioether (sulfide) groups is 1. The van der Waals surface area contributed by atoms with Crippen molar-refractivity contribution in [2.45, 2.75) is 45.1 Å². The number of hydrogen-bond donors (Lipinski definition) is 2. The molecule has 3 nitrogen and oxygen atoms in total. The fraction of sp³-hybridized carbons (Fsp3) is 0.917. The fourth-order valence-corrected chi connectivity index (χ4v) is 2.88. The quantitative estimate of drug-likeness (QED) is 0.702. The van der Waals surface area contributed by atoms with Crippen LogP contribution >= 0.6 is 11.8 Å². The molecule has 2 N–H and O–H groups in total. The third-order valence-electron chi connectivity index (χ3n) is 3.07. The number of aliphatic hydroxyl groups excluding tert-OH is 1. The van der Waals surface area contributed by atoms with Gasteiger partial charge in [-0.1, -0.05) is 19.8 Å². The first-order chi connectivity index (χ1) is 7.77. The number of hydrogen-bond acceptors (Lipinski definition) is 3. The SMILES string of the molecule is CCCSCC(=O)NC1CCCCC1CO. The minimum atomic E-state index is 0.129. The Labute approximate surface area is 102 Å². The lowest BCUT2D eigenvalue weighted by Crippen LogP contribution is -2.44. The summed E-state index contributed by atoms with van der Waals surface area (Å²) in [6.07, 6.45) is 5.53. The summed E-state index contributed by atoms with van der Waals surface area (Å²) in [7, 11) is 0. The zero-order valence-electron chi connectivity index (χ0n) is 10.1. The Morgan fingerprint density at radius 2 is 2.19 bits per heavy atom. The molecular weight excluding hydrogens is 222 g/mol. The van der Waals surface area contributed by atoms with Crippen LogP contribution in [-0.4, -0.2) is 35.2 Å². The molecule has 2 atom stereocenters. The summed E-state index contributed by atoms with van der Waals surface area (Å²) in [4.78, 5) is 11.6. The number of amides is 1. The molecule has 1 saturated carbocycles. The van der Waals surface area contributed by atoms with Gasteiger partial charge in [0.15, 0.2) is 0 Å². The van der Waals surface area contributed by atoms with E-state index in [4.69, 9.17) is 0 Å². The summed E-state index contributed by atoms with van der Waals surface area (Å²) in [5.41, 5.74) is 0. The van der Waals surface area contributed by atoms with E-state index in [-0.39, 0.29) is 24.5 Å². The Morgan fingerprint density at radius 3 is 2.88 bits per heavy atom. The highest BCUT2D eigenvalue weighted by molar-refractivity contribution is 7.99. The highest BCUT2D eigenvalue weighted by atomic mass is 32.2. The number of nitrogens with one attached hydrogen (secondary N) is 1. The molecule has 16 heavy (non-hydrogen) atoms. The standard InChI is InChI=1S/C12H23NO2S/c1-2-7-16-9-12(15)13-11-6-4-3-5-10(11)8-14/h10-11,14H,2-9H2,1H3,(H,13,15). The van der Waals surface area contributed by atoms with Gasteiger partial charge in [-0.05, 0) is 25.0 Å². The number of rotatable bonds is 6. The molecule has 0 aromatic rings. The summed E-state index contributed by atoms with van der Waals surface area (Å²) in [5, 5.41) is 12.3. The third-order valence-corrected chi connectivity index (χ3v) is 4.23. The largest absolute Gasteiger partial charge is 0.396 e. The molecule has 4 heteroatoms. The van der Waals surface area contributed by atoms with Crippen molar-refractivity contribution in [3.05, 3.63) is 0 Å². The van der Waals surface area contributed by atoms with Crippen molar-refractivity contribution in [1.29, 1.82) is 0 Å². The molecule has 0 aromatic heterocycles. The topological polar surface area (TPSA) is 49.3 Å². The molecule has 2 unspecified atom stereocenters. The van der Waals surface area contributed by atoms with Gasteiger partial charge in [-0.2, -0.15) is 11.8 Å². The molecule has 1 rings (SSSR count). The van der Waals surface area contributed by atoms with Gasteiger partial charge in [0, 0.05) is 18.6 Å². The van der Waals surface area contributed by atoms with Gasteiger partial charge < -0.3 is 10.4 Å². The molecule has 94 valence electrons. The van der Waals surface area contributed by atoms with Gasteiger partial charge in [-0.25, -0.2) is 0 Å². The Kier molecular flexibility index (Phi) is 6.88. The van der Waals surface area contributed by atoms with Crippen LogP contribution in [0.3, 0.4) is 0 Å². The zero-order valence-corrected chi connectivity index (χ0v) is 10.9. The Hall–Kier alpha value is -0.220. The maximum absolute atomic E-state index is 11.6. The van der Waals surface area contributed by atoms with Crippen LogP contribution < -0.4 is 5.32 Å². The molecule has 0 spiro atoms. The molecule has 0 aliphatic heterocycles. The van der Waals surface area contributed by atoms with Crippen molar-refractivity contribution in [3.8, 4) is 0 Å². The third kappa shape index (κ3) is 4.74. The molecule has 1 fully saturated rings. The van der Waals surface area contributed by atoms with Crippen LogP contribution in [0.2, 0.25) is 0 Å². The highest BCUT2D eigenvalue weighted by Gasteiger charge is 2.25. The molecule has 0 aromatic carbocycles. The van der Waals surface area contributed by atoms with E-state index in [1.165, 1.54) is 12.8 Å². The van der Waals surface area contributed by atoms with E-state index in [2.05, 4.69) is 12.2 Å². The molecule has 0 radical (unpaired) electrons. The minimum Gasteiger partial charge on any atom is -0.396 e. The number of carbonyl (C=O) groups excluding carboxylic acids is 1. The Balaban J connectivity index is 2.25. The molecule has 0 bridgehead atoms. The van der Waals surface area contributed by atoms with E-state index in [1.54, 1.807) is 11.8 Å². The lowest BCUT2D eigenvalue weighted by Gasteiger charge is -2.30. The first-order valence-electron chi connectivity index (χ1n) is 6.26. The van der Waals surface area contributed by atoms with Crippen molar-refractivity contribution < 1.29 is 9.90 Å². The van der Waals surface area contributed by atoms with Crippen LogP contribution in [0.1, 0.15) is 39.0 Å². The minimum absolute atomic E-state index is 0.129. The molecule has 1 aliphatic carbocycles. The summed E-state index contributed by atoms with van der Waals surface area (Å²) in [6, 6.07) is 0.202. The maximum atomic E-state index is 11.6. The second-order valence-electron chi connectivity index (χ2n) is 4.45. The van der Waals surface area contributed by atoms with Crippen LogP contribution in [0.15, 0.2) is 0 Å². The van der Waals surface area contributed by atoms with Gasteiger partial charge in [-0.3, -0.25) is 4.79 Å². The normalized spacial score (nSPS) is 25.4. The fourth-order valence-electron chi connectivity index (χ4n) is 2.17. The van der Waals surface area contributed by atoms with Crippen LogP contribution in [0.25, 0.3) is 0 Å². The van der Waals surface area contributed by atoms with Crippen molar-refractivity contribution in [1.82, 2.24) is 5.32 Å². The lowest BCUT2D eigenvalue weighted by molar-refractivity contribution is -0.120. The summed E-state index contributed by atoms with van der Waals surface area (Å²) in [5.74, 6) is 2.00. The number of carbonyl (C=O) groups is 1. The predicted molar refractivity (Wildman–Crippen MR) is 68.6 cm³/mol. The maximum Gasteiger partial charge on any atom is 0.230 e. The van der Waals surface area contributed by atoms with Gasteiger partial charge in [-0.15, -0.1) is 0 Å². The van der Waals surface area contributed by atoms with Crippen LogP contribution in [0.5, 0.6) is 0 Å². The summed E-state index contributed by atoms with van der Waals surface area (Å²) >= 11 is 1.68. The molecule has 1 amide bonds. The van der Waals surface area contributed by atoms with Crippen LogP contribution in [0.4, 0.5) is 0 Å². The van der Waals surface area contributed by atoms with Crippen molar-refractivity contribution in [2.75, 3.05) is 18.1 Å². The first-order valence-corrected chi connectivity index (χ1v) is 7.41. The average molecular weight is 245 g/mol. The van der Waals surface area contributed by atoms with E-state index in [9.17, 15) is 9.90 Å². The van der Waals surface area contributed by atoms with Gasteiger partial charge in [0.25, 0.3) is 0 Å². The molecular formula is C12H23NO2S. The second kappa shape index (κ2) is 7.96. The predicted octanol–water partition coefficient (Wildman–Crippen LogP) is 1.80. The molecule has 0 heterocycles. The monoisotopic (exact) mass is 245 g/mol. The van der Waals surface area contributed by atoms with Gasteiger partial charge in [0.2, 0.25) is 5.91 Å². The van der Waals surface area contributed by atoms with Crippen LogP contribution in [0, 0.1) is 5.92 Å². The van der Waals surface area contributed by atoms with E-state index in [0.29, 0.717) is 5.75 Å². The van der Waals surface area contributed by atoms with Gasteiger partial charge in [0.1, 0.15) is 0 Å². The van der Waals surface area contributed by atoms with E-state index in [1.807, 2.05) is 0 Å². The van der Waals surface area contributed by atoms with Crippen molar-refractivity contribution in [3.63, 3.8) is 0 Å². The number of aliphatic hydroxyl groups is 1. The van der Waals surface area contributed by atoms with E-state index < -0.39 is 0 Å². The van der Waals surface area contributed by atoms with Gasteiger partial charge >= 0.3 is 0 Å². The Morgan fingerprint density at radius 1 is 1.44 bits per heavy atom. The van der Waals surface area contributed by atoms with Crippen LogP contribution in [-0.2, 0) is 4.79 Å². The van der Waals surface area contributed by atoms with E-state index >= 15 is 0 Å². The van der Waals surface area contributed by atoms with Gasteiger partial charge in [0.05, 0.1) is 5.75 Å². The van der Waals surface area contributed by atoms with Crippen molar-refractivity contribution in [2.24, 2.45) is 5.92 Å². The first kappa shape index (κ1) is 13.8. The van der Waals surface area contributed by atoms with E-state index in [0.717, 1.165) is 25.0 Å². The summed E-state index contributed by atoms with van der Waals surface area (Å²) in [6.45, 7) is 2.32. The zero-order chi connectivity index (χ0) is 11.8. The molecule has 0 saturated heterocycles. The highest BCUT2D eigenvalue weighted by Crippen LogP contribution is 2.23. The smallest absolute Gasteiger partial charge is 0.230 e. The lowest BCUT2D eigenvalue weighted by atomic mass is 9.85. The molecule has 1 aliphatic rings.